The molecule has 2 N–H and O–H groups in total. The van der Waals surface area contributed by atoms with Crippen molar-refractivity contribution in [2.45, 2.75) is 103 Å². The number of hydrogen-bond donors (Lipinski definition) is 1. The van der Waals surface area contributed by atoms with Gasteiger partial charge in [-0.15, -0.1) is 0 Å². The minimum absolute atomic E-state index is 0.187. The van der Waals surface area contributed by atoms with E-state index in [-0.39, 0.29) is 15.7 Å². The van der Waals surface area contributed by atoms with Gasteiger partial charge in [0.25, 0.3) is 0 Å². The molecule has 3 rings (SSSR count). The van der Waals surface area contributed by atoms with Crippen molar-refractivity contribution in [2.24, 2.45) is 11.1 Å². The number of nitrogens with zero attached hydrogens (tertiary/aromatic N) is 2. The Morgan fingerprint density at radius 3 is 1.94 bits per heavy atom. The van der Waals surface area contributed by atoms with Gasteiger partial charge in [-0.05, 0) is 71.4 Å². The van der Waals surface area contributed by atoms with E-state index in [0.717, 1.165) is 41.8 Å². The maximum absolute atomic E-state index is 12.4. The minimum atomic E-state index is -3.85. The molecule has 33 heavy (non-hydrogen) atoms. The summed E-state index contributed by atoms with van der Waals surface area (Å²) in [6.45, 7) is 15.3. The second-order valence-corrected chi connectivity index (χ2v) is 13.2. The first-order valence-corrected chi connectivity index (χ1v) is 13.5. The summed E-state index contributed by atoms with van der Waals surface area (Å²) >= 11 is 0. The summed E-state index contributed by atoms with van der Waals surface area (Å²) in [5.74, 6) is 0.527. The van der Waals surface area contributed by atoms with Crippen molar-refractivity contribution < 1.29 is 8.42 Å². The summed E-state index contributed by atoms with van der Waals surface area (Å²) < 4.78 is 27.0. The quantitative estimate of drug-likeness (QED) is 0.582. The molecule has 2 aromatic rings. The molecule has 0 unspecified atom stereocenters. The highest BCUT2D eigenvalue weighted by Crippen LogP contribution is 2.39. The van der Waals surface area contributed by atoms with Gasteiger partial charge in [0.2, 0.25) is 10.0 Å². The van der Waals surface area contributed by atoms with Gasteiger partial charge in [0.05, 0.1) is 11.6 Å². The fourth-order valence-electron chi connectivity index (χ4n) is 5.10. The maximum atomic E-state index is 12.4. The molecule has 180 valence electrons. The number of nitriles is 1. The van der Waals surface area contributed by atoms with E-state index in [1.807, 2.05) is 6.92 Å². The monoisotopic (exact) mass is 469 g/mol. The van der Waals surface area contributed by atoms with Crippen LogP contribution in [0.5, 0.6) is 0 Å². The molecule has 0 saturated heterocycles. The van der Waals surface area contributed by atoms with Gasteiger partial charge < -0.3 is 4.57 Å². The van der Waals surface area contributed by atoms with Crippen LogP contribution in [0.15, 0.2) is 23.1 Å². The lowest BCUT2D eigenvalue weighted by atomic mass is 9.75. The Morgan fingerprint density at radius 2 is 1.52 bits per heavy atom. The number of sulfonamides is 1. The molecule has 5 nitrogen and oxygen atoms in total. The summed E-state index contributed by atoms with van der Waals surface area (Å²) in [5.41, 5.74) is 4.70. The van der Waals surface area contributed by atoms with Crippen molar-refractivity contribution in [3.8, 4) is 17.3 Å². The topological polar surface area (TPSA) is 88.9 Å². The molecule has 1 aliphatic rings. The van der Waals surface area contributed by atoms with Crippen LogP contribution in [-0.2, 0) is 27.4 Å². The molecule has 0 atom stereocenters. The van der Waals surface area contributed by atoms with Gasteiger partial charge >= 0.3 is 0 Å². The molecular formula is C27H39N3O2S. The van der Waals surface area contributed by atoms with Crippen LogP contribution in [0.3, 0.4) is 0 Å². The number of rotatable bonds is 4. The third-order valence-corrected chi connectivity index (χ3v) is 7.98. The van der Waals surface area contributed by atoms with Crippen molar-refractivity contribution in [1.29, 1.82) is 5.26 Å². The lowest BCUT2D eigenvalue weighted by Gasteiger charge is -2.29. The van der Waals surface area contributed by atoms with Crippen LogP contribution in [0.2, 0.25) is 0 Å². The molecule has 1 saturated carbocycles. The third kappa shape index (κ3) is 5.36. The first-order valence-electron chi connectivity index (χ1n) is 12.0. The Morgan fingerprint density at radius 1 is 1.00 bits per heavy atom. The Bertz CT molecular complexity index is 1140. The molecule has 0 aliphatic heterocycles. The average Bonchev–Trinajstić information content (AvgIpc) is 3.03. The zero-order valence-electron chi connectivity index (χ0n) is 21.2. The summed E-state index contributed by atoms with van der Waals surface area (Å²) in [4.78, 5) is 0.187. The zero-order chi connectivity index (χ0) is 24.8. The fraction of sp³-hybridized carbons (Fsp3) is 0.593. The fourth-order valence-corrected chi connectivity index (χ4v) is 5.90. The summed E-state index contributed by atoms with van der Waals surface area (Å²) in [5, 5.41) is 15.7. The largest absolute Gasteiger partial charge is 0.343 e. The van der Waals surface area contributed by atoms with Crippen molar-refractivity contribution in [3.63, 3.8) is 0 Å². The highest BCUT2D eigenvalue weighted by molar-refractivity contribution is 7.89. The van der Waals surface area contributed by atoms with Crippen LogP contribution in [0.25, 0.3) is 11.3 Å². The van der Waals surface area contributed by atoms with Gasteiger partial charge in [-0.2, -0.15) is 5.26 Å². The molecule has 1 aromatic carbocycles. The summed E-state index contributed by atoms with van der Waals surface area (Å²) in [6.07, 6.45) is 6.05. The van der Waals surface area contributed by atoms with E-state index in [1.54, 1.807) is 6.07 Å². The number of nitrogens with two attached hydrogens (primary N) is 1. The molecule has 1 aromatic heterocycles. The van der Waals surface area contributed by atoms with Gasteiger partial charge in [0, 0.05) is 17.9 Å². The molecular weight excluding hydrogens is 430 g/mol. The van der Waals surface area contributed by atoms with Crippen LogP contribution in [-0.4, -0.2) is 13.0 Å². The molecule has 1 aliphatic carbocycles. The molecule has 0 radical (unpaired) electrons. The normalized spacial score (nSPS) is 16.1. The Balaban J connectivity index is 2.32. The van der Waals surface area contributed by atoms with E-state index in [9.17, 15) is 13.7 Å². The summed E-state index contributed by atoms with van der Waals surface area (Å²) in [6, 6.07) is 8.34. The first-order chi connectivity index (χ1) is 15.1. The lowest BCUT2D eigenvalue weighted by Crippen LogP contribution is -2.21. The molecule has 1 fully saturated rings. The standard InChI is InChI=1S/C27H39N3O2S/c1-18-25(33(29,31)32)15-24(30(18)17-19-11-9-8-10-12-19)20-13-22(26(2,3)4)21(16-28)23(14-20)27(5,6)7/h13-15,19H,8-12,17H2,1-7H3,(H2,29,31,32). The van der Waals surface area contributed by atoms with E-state index in [1.165, 1.54) is 19.3 Å². The SMILES string of the molecule is Cc1c(S(N)(=O)=O)cc(-c2cc(C(C)(C)C)c(C#N)c(C(C)(C)C)c2)n1CC1CCCCC1. The molecule has 0 spiro atoms. The zero-order valence-corrected chi connectivity index (χ0v) is 22.1. The van der Waals surface area contributed by atoms with E-state index in [2.05, 4.69) is 64.3 Å². The maximum Gasteiger partial charge on any atom is 0.239 e. The van der Waals surface area contributed by atoms with Gasteiger partial charge in [-0.3, -0.25) is 0 Å². The predicted molar refractivity (Wildman–Crippen MR) is 135 cm³/mol. The average molecular weight is 470 g/mol. The van der Waals surface area contributed by atoms with Crippen molar-refractivity contribution in [2.75, 3.05) is 0 Å². The number of benzene rings is 1. The Hall–Kier alpha value is -2.10. The number of primary sulfonamides is 1. The smallest absolute Gasteiger partial charge is 0.239 e. The van der Waals surface area contributed by atoms with Gasteiger partial charge in [-0.1, -0.05) is 60.8 Å². The first kappa shape index (κ1) is 25.5. The number of aromatic nitrogens is 1. The van der Waals surface area contributed by atoms with Crippen LogP contribution in [0.4, 0.5) is 0 Å². The second kappa shape index (κ2) is 8.92. The predicted octanol–water partition coefficient (Wildman–Crippen LogP) is 6.16. The van der Waals surface area contributed by atoms with Gasteiger partial charge in [0.15, 0.2) is 0 Å². The minimum Gasteiger partial charge on any atom is -0.343 e. The van der Waals surface area contributed by atoms with E-state index < -0.39 is 10.0 Å². The lowest BCUT2D eigenvalue weighted by molar-refractivity contribution is 0.318. The van der Waals surface area contributed by atoms with Crippen molar-refractivity contribution >= 4 is 10.0 Å². The Labute approximate surface area is 200 Å². The Kier molecular flexibility index (Phi) is 6.90. The van der Waals surface area contributed by atoms with Crippen LogP contribution in [0.1, 0.15) is 96.0 Å². The van der Waals surface area contributed by atoms with Gasteiger partial charge in [-0.25, -0.2) is 13.6 Å². The molecule has 6 heteroatoms. The van der Waals surface area contributed by atoms with Crippen LogP contribution in [0, 0.1) is 24.2 Å². The molecule has 0 bridgehead atoms. The third-order valence-electron chi connectivity index (χ3n) is 6.95. The van der Waals surface area contributed by atoms with Crippen LogP contribution < -0.4 is 5.14 Å². The number of hydrogen-bond acceptors (Lipinski definition) is 3. The van der Waals surface area contributed by atoms with E-state index in [0.29, 0.717) is 17.2 Å². The van der Waals surface area contributed by atoms with Gasteiger partial charge in [0.1, 0.15) is 4.90 Å². The van der Waals surface area contributed by atoms with Crippen molar-refractivity contribution in [3.05, 3.63) is 40.6 Å². The van der Waals surface area contributed by atoms with E-state index in [4.69, 9.17) is 5.14 Å². The second-order valence-electron chi connectivity index (χ2n) is 11.7. The van der Waals surface area contributed by atoms with Crippen LogP contribution >= 0.6 is 0 Å². The summed E-state index contributed by atoms with van der Waals surface area (Å²) in [7, 11) is -3.85. The van der Waals surface area contributed by atoms with Crippen molar-refractivity contribution in [1.82, 2.24) is 4.57 Å². The highest BCUT2D eigenvalue weighted by atomic mass is 32.2. The highest BCUT2D eigenvalue weighted by Gasteiger charge is 2.29. The molecule has 0 amide bonds. The molecule has 1 heterocycles. The van der Waals surface area contributed by atoms with E-state index >= 15 is 0 Å².